The predicted octanol–water partition coefficient (Wildman–Crippen LogP) is 2.13. The summed E-state index contributed by atoms with van der Waals surface area (Å²) in [6.45, 7) is 2.76. The molecule has 4 atom stereocenters. The Morgan fingerprint density at radius 2 is 2.19 bits per heavy atom. The number of hydrazone groups is 1. The highest BCUT2D eigenvalue weighted by Crippen LogP contribution is 2.45. The van der Waals surface area contributed by atoms with Crippen molar-refractivity contribution in [3.05, 3.63) is 24.2 Å². The Balaban J connectivity index is 1.38. The van der Waals surface area contributed by atoms with Crippen molar-refractivity contribution in [2.45, 2.75) is 63.3 Å². The van der Waals surface area contributed by atoms with Gasteiger partial charge in [-0.25, -0.2) is 4.98 Å². The van der Waals surface area contributed by atoms with E-state index in [1.165, 1.54) is 25.7 Å². The molecule has 0 amide bonds. The lowest BCUT2D eigenvalue weighted by molar-refractivity contribution is 0.00768. The molecule has 1 N–H and O–H groups in total. The zero-order valence-electron chi connectivity index (χ0n) is 15.3. The number of imidazole rings is 1. The third-order valence-electron chi connectivity index (χ3n) is 6.56. The summed E-state index contributed by atoms with van der Waals surface area (Å²) >= 11 is 0. The molecule has 27 heavy (non-hydrogen) atoms. The van der Waals surface area contributed by atoms with Crippen LogP contribution in [0.4, 0.5) is 5.82 Å². The SMILES string of the molecule is CC1(c2noc(C3=NNC4C5CCCCC5n5cncc5N34)n2)CCCO1. The highest BCUT2D eigenvalue weighted by molar-refractivity contribution is 6.08. The molecule has 9 nitrogen and oxygen atoms in total. The van der Waals surface area contributed by atoms with E-state index in [-0.39, 0.29) is 6.17 Å². The van der Waals surface area contributed by atoms with Crippen LogP contribution in [0, 0.1) is 5.92 Å². The molecule has 1 saturated heterocycles. The Hall–Kier alpha value is -2.42. The van der Waals surface area contributed by atoms with Crippen molar-refractivity contribution in [2.75, 3.05) is 11.5 Å². The van der Waals surface area contributed by atoms with E-state index < -0.39 is 5.60 Å². The van der Waals surface area contributed by atoms with Gasteiger partial charge < -0.3 is 13.8 Å². The Morgan fingerprint density at radius 1 is 1.26 bits per heavy atom. The summed E-state index contributed by atoms with van der Waals surface area (Å²) in [5, 5.41) is 8.81. The first-order valence-electron chi connectivity index (χ1n) is 9.87. The summed E-state index contributed by atoms with van der Waals surface area (Å²) in [6, 6.07) is 0.476. The van der Waals surface area contributed by atoms with Gasteiger partial charge in [0.15, 0.2) is 0 Å². The maximum Gasteiger partial charge on any atom is 0.295 e. The van der Waals surface area contributed by atoms with E-state index in [1.54, 1.807) is 0 Å². The first-order valence-corrected chi connectivity index (χ1v) is 9.87. The van der Waals surface area contributed by atoms with Crippen molar-refractivity contribution < 1.29 is 9.26 Å². The van der Waals surface area contributed by atoms with Gasteiger partial charge in [-0.15, -0.1) is 0 Å². The van der Waals surface area contributed by atoms with Crippen molar-refractivity contribution >= 4 is 11.7 Å². The molecule has 1 aliphatic carbocycles. The molecule has 0 spiro atoms. The Kier molecular flexibility index (Phi) is 3.21. The van der Waals surface area contributed by atoms with Gasteiger partial charge >= 0.3 is 0 Å². The second kappa shape index (κ2) is 5.54. The molecule has 2 aromatic rings. The molecule has 4 unspecified atom stereocenters. The normalized spacial score (nSPS) is 34.6. The van der Waals surface area contributed by atoms with Crippen LogP contribution < -0.4 is 10.3 Å². The van der Waals surface area contributed by atoms with Crippen molar-refractivity contribution in [3.8, 4) is 0 Å². The molecule has 2 aromatic heterocycles. The minimum Gasteiger partial charge on any atom is -0.367 e. The monoisotopic (exact) mass is 369 g/mol. The molecular formula is C18H23N7O2. The number of hydrogen-bond donors (Lipinski definition) is 1. The molecule has 2 fully saturated rings. The first kappa shape index (κ1) is 15.6. The number of nitrogens with one attached hydrogen (secondary N) is 1. The van der Waals surface area contributed by atoms with Crippen LogP contribution in [0.2, 0.25) is 0 Å². The van der Waals surface area contributed by atoms with Crippen LogP contribution in [0.15, 0.2) is 22.1 Å². The number of fused-ring (bicyclic) bond motifs is 6. The lowest BCUT2D eigenvalue weighted by Crippen LogP contribution is -2.53. The van der Waals surface area contributed by atoms with E-state index >= 15 is 0 Å². The number of ether oxygens (including phenoxy) is 1. The van der Waals surface area contributed by atoms with E-state index in [1.807, 2.05) is 19.4 Å². The largest absolute Gasteiger partial charge is 0.367 e. The number of anilines is 1. The van der Waals surface area contributed by atoms with E-state index in [0.717, 1.165) is 25.3 Å². The van der Waals surface area contributed by atoms with Gasteiger partial charge in [0.1, 0.15) is 17.6 Å². The first-order chi connectivity index (χ1) is 13.2. The minimum absolute atomic E-state index is 0.114. The standard InChI is InChI=1S/C18H23N7O2/c1-18(7-4-8-26-18)17-20-16(27-23-17)15-22-21-14-11-5-2-3-6-12(11)24-10-19-9-13(24)25(14)15/h9-12,14,21H,2-8H2,1H3. The Morgan fingerprint density at radius 3 is 3.07 bits per heavy atom. The smallest absolute Gasteiger partial charge is 0.295 e. The quantitative estimate of drug-likeness (QED) is 0.867. The topological polar surface area (TPSA) is 93.6 Å². The van der Waals surface area contributed by atoms with Crippen LogP contribution in [0.25, 0.3) is 0 Å². The van der Waals surface area contributed by atoms with Gasteiger partial charge in [-0.1, -0.05) is 18.0 Å². The Bertz CT molecular complexity index is 897. The van der Waals surface area contributed by atoms with Gasteiger partial charge in [-0.2, -0.15) is 10.1 Å². The van der Waals surface area contributed by atoms with Gasteiger partial charge in [0.25, 0.3) is 5.89 Å². The highest BCUT2D eigenvalue weighted by atomic mass is 16.5. The van der Waals surface area contributed by atoms with Crippen molar-refractivity contribution in [2.24, 2.45) is 11.0 Å². The molecular weight excluding hydrogens is 346 g/mol. The molecule has 0 radical (unpaired) electrons. The minimum atomic E-state index is -0.466. The lowest BCUT2D eigenvalue weighted by Gasteiger charge is -2.45. The molecule has 3 aliphatic heterocycles. The van der Waals surface area contributed by atoms with Gasteiger partial charge in [-0.05, 0) is 32.6 Å². The van der Waals surface area contributed by atoms with Crippen LogP contribution in [-0.2, 0) is 10.3 Å². The molecule has 0 aromatic carbocycles. The van der Waals surface area contributed by atoms with Crippen LogP contribution in [0.3, 0.4) is 0 Å². The zero-order valence-corrected chi connectivity index (χ0v) is 15.3. The highest BCUT2D eigenvalue weighted by Gasteiger charge is 2.48. The molecule has 142 valence electrons. The van der Waals surface area contributed by atoms with Crippen LogP contribution in [0.5, 0.6) is 0 Å². The molecule has 5 heterocycles. The van der Waals surface area contributed by atoms with Crippen LogP contribution in [0.1, 0.15) is 63.2 Å². The number of amidine groups is 1. The number of aromatic nitrogens is 4. The van der Waals surface area contributed by atoms with Crippen molar-refractivity contribution in [3.63, 3.8) is 0 Å². The molecule has 0 bridgehead atoms. The van der Waals surface area contributed by atoms with Crippen molar-refractivity contribution in [1.29, 1.82) is 0 Å². The Labute approximate surface area is 156 Å². The fraction of sp³-hybridized carbons (Fsp3) is 0.667. The van der Waals surface area contributed by atoms with Gasteiger partial charge in [0, 0.05) is 18.6 Å². The third-order valence-corrected chi connectivity index (χ3v) is 6.56. The van der Waals surface area contributed by atoms with Gasteiger partial charge in [0.2, 0.25) is 11.7 Å². The van der Waals surface area contributed by atoms with E-state index in [9.17, 15) is 0 Å². The molecule has 9 heteroatoms. The molecule has 1 saturated carbocycles. The van der Waals surface area contributed by atoms with Crippen molar-refractivity contribution in [1.82, 2.24) is 25.1 Å². The predicted molar refractivity (Wildman–Crippen MR) is 96.0 cm³/mol. The summed E-state index contributed by atoms with van der Waals surface area (Å²) in [6.07, 6.45) is 10.8. The second-order valence-corrected chi connectivity index (χ2v) is 8.16. The summed E-state index contributed by atoms with van der Waals surface area (Å²) in [7, 11) is 0. The number of hydrogen-bond acceptors (Lipinski definition) is 8. The van der Waals surface area contributed by atoms with Crippen LogP contribution in [-0.4, -0.2) is 38.3 Å². The fourth-order valence-corrected chi connectivity index (χ4v) is 5.14. The summed E-state index contributed by atoms with van der Waals surface area (Å²) in [5.74, 6) is 3.22. The van der Waals surface area contributed by atoms with Gasteiger partial charge in [0.05, 0.1) is 12.5 Å². The van der Waals surface area contributed by atoms with E-state index in [0.29, 0.717) is 29.5 Å². The summed E-state index contributed by atoms with van der Waals surface area (Å²) < 4.78 is 13.8. The average molecular weight is 369 g/mol. The number of nitrogens with zero attached hydrogens (tertiary/aromatic N) is 6. The van der Waals surface area contributed by atoms with E-state index in [2.05, 4.69) is 35.1 Å². The van der Waals surface area contributed by atoms with Crippen LogP contribution >= 0.6 is 0 Å². The fourth-order valence-electron chi connectivity index (χ4n) is 5.14. The maximum atomic E-state index is 5.86. The second-order valence-electron chi connectivity index (χ2n) is 8.16. The van der Waals surface area contributed by atoms with E-state index in [4.69, 9.17) is 9.26 Å². The lowest BCUT2D eigenvalue weighted by atomic mass is 9.80. The zero-order chi connectivity index (χ0) is 18.0. The summed E-state index contributed by atoms with van der Waals surface area (Å²) in [4.78, 5) is 11.2. The third kappa shape index (κ3) is 2.14. The van der Waals surface area contributed by atoms with Gasteiger partial charge in [-0.3, -0.25) is 10.3 Å². The molecule has 4 aliphatic rings. The average Bonchev–Trinajstić information content (AvgIpc) is 3.45. The maximum absolute atomic E-state index is 5.86. The summed E-state index contributed by atoms with van der Waals surface area (Å²) in [5.41, 5.74) is 2.87. The molecule has 6 rings (SSSR count). The number of rotatable bonds is 2.